The molecular weight excluding hydrogens is 386 g/mol. The molecule has 8 nitrogen and oxygen atoms in total. The first-order valence-corrected chi connectivity index (χ1v) is 9.73. The highest BCUT2D eigenvalue weighted by Gasteiger charge is 2.29. The molecule has 0 bridgehead atoms. The number of esters is 1. The molecule has 0 N–H and O–H groups in total. The molecule has 3 heterocycles. The Kier molecular flexibility index (Phi) is 4.63. The number of ether oxygens (including phenoxy) is 4. The van der Waals surface area contributed by atoms with Crippen LogP contribution in [0.15, 0.2) is 30.6 Å². The van der Waals surface area contributed by atoms with Crippen LogP contribution in [0.4, 0.5) is 5.95 Å². The first-order chi connectivity index (χ1) is 14.7. The molecule has 1 fully saturated rings. The number of benzene rings is 2. The minimum Gasteiger partial charge on any atom is -0.493 e. The maximum atomic E-state index is 12.6. The van der Waals surface area contributed by atoms with Crippen molar-refractivity contribution in [2.45, 2.75) is 6.61 Å². The smallest absolute Gasteiger partial charge is 0.339 e. The molecule has 154 valence electrons. The zero-order valence-corrected chi connectivity index (χ0v) is 16.8. The van der Waals surface area contributed by atoms with Crippen molar-refractivity contribution < 1.29 is 23.7 Å². The average molecular weight is 407 g/mol. The number of nitrogens with zero attached hydrogens (tertiary/aromatic N) is 3. The highest BCUT2D eigenvalue weighted by molar-refractivity contribution is 6.11. The first-order valence-electron chi connectivity index (χ1n) is 9.73. The number of hydrogen-bond acceptors (Lipinski definition) is 8. The predicted octanol–water partition coefficient (Wildman–Crippen LogP) is 2.82. The van der Waals surface area contributed by atoms with Crippen LogP contribution in [-0.2, 0) is 16.1 Å². The highest BCUT2D eigenvalue weighted by Crippen LogP contribution is 2.42. The van der Waals surface area contributed by atoms with Crippen LogP contribution in [0.1, 0.15) is 15.9 Å². The molecule has 1 aromatic heterocycles. The number of cyclic esters (lactones) is 1. The maximum Gasteiger partial charge on any atom is 0.339 e. The van der Waals surface area contributed by atoms with Crippen molar-refractivity contribution in [1.82, 2.24) is 9.97 Å². The molecule has 3 aromatic rings. The summed E-state index contributed by atoms with van der Waals surface area (Å²) in [4.78, 5) is 23.8. The lowest BCUT2D eigenvalue weighted by Crippen LogP contribution is -2.37. The summed E-state index contributed by atoms with van der Waals surface area (Å²) in [7, 11) is 3.19. The summed E-state index contributed by atoms with van der Waals surface area (Å²) in [5, 5.41) is 1.78. The van der Waals surface area contributed by atoms with Gasteiger partial charge in [-0.2, -0.15) is 0 Å². The number of methoxy groups -OCH3 is 2. The van der Waals surface area contributed by atoms with Gasteiger partial charge in [0.1, 0.15) is 6.61 Å². The van der Waals surface area contributed by atoms with Crippen molar-refractivity contribution in [3.05, 3.63) is 41.7 Å². The standard InChI is InChI=1S/C22H21N3O5/c1-27-17-8-13-7-14-12-30-21(26)20(14)19(16(13)9-18(17)28-2)15-10-23-22(24-11-15)25-3-5-29-6-4-25/h7-11H,3-6,12H2,1-2H3. The lowest BCUT2D eigenvalue weighted by molar-refractivity contribution is 0.0535. The molecule has 0 saturated carbocycles. The SMILES string of the molecule is COc1cc2cc3c(c(-c4cnc(N5CCOCC5)nc4)c2cc1OC)C(=O)OC3. The molecule has 0 amide bonds. The summed E-state index contributed by atoms with van der Waals surface area (Å²) in [5.74, 6) is 1.53. The predicted molar refractivity (Wildman–Crippen MR) is 110 cm³/mol. The topological polar surface area (TPSA) is 83.0 Å². The molecule has 2 aliphatic heterocycles. The lowest BCUT2D eigenvalue weighted by atomic mass is 9.91. The van der Waals surface area contributed by atoms with Crippen LogP contribution in [-0.4, -0.2) is 56.5 Å². The molecule has 0 aliphatic carbocycles. The Labute approximate surface area is 173 Å². The fourth-order valence-electron chi connectivity index (χ4n) is 4.03. The van der Waals surface area contributed by atoms with Gasteiger partial charge >= 0.3 is 5.97 Å². The summed E-state index contributed by atoms with van der Waals surface area (Å²) < 4.78 is 21.7. The van der Waals surface area contributed by atoms with E-state index in [4.69, 9.17) is 18.9 Å². The number of carbonyl (C=O) groups is 1. The summed E-state index contributed by atoms with van der Waals surface area (Å²) in [6.07, 6.45) is 3.52. The van der Waals surface area contributed by atoms with Gasteiger partial charge in [0.05, 0.1) is 33.0 Å². The Morgan fingerprint density at radius 3 is 2.37 bits per heavy atom. The highest BCUT2D eigenvalue weighted by atomic mass is 16.5. The molecule has 8 heteroatoms. The van der Waals surface area contributed by atoms with Gasteiger partial charge in [-0.05, 0) is 29.0 Å². The minimum atomic E-state index is -0.339. The van der Waals surface area contributed by atoms with E-state index in [1.165, 1.54) is 0 Å². The van der Waals surface area contributed by atoms with E-state index < -0.39 is 0 Å². The number of morpholine rings is 1. The Morgan fingerprint density at radius 2 is 1.67 bits per heavy atom. The van der Waals surface area contributed by atoms with Gasteiger partial charge in [-0.3, -0.25) is 0 Å². The van der Waals surface area contributed by atoms with Crippen molar-refractivity contribution in [2.75, 3.05) is 45.4 Å². The van der Waals surface area contributed by atoms with E-state index in [0.29, 0.717) is 36.2 Å². The van der Waals surface area contributed by atoms with Gasteiger partial charge in [0.15, 0.2) is 11.5 Å². The van der Waals surface area contributed by atoms with Crippen molar-refractivity contribution >= 4 is 22.7 Å². The number of rotatable bonds is 4. The largest absolute Gasteiger partial charge is 0.493 e. The number of carbonyl (C=O) groups excluding carboxylic acids is 1. The zero-order valence-electron chi connectivity index (χ0n) is 16.8. The maximum absolute atomic E-state index is 12.6. The minimum absolute atomic E-state index is 0.248. The second-order valence-electron chi connectivity index (χ2n) is 7.16. The van der Waals surface area contributed by atoms with Gasteiger partial charge in [-0.1, -0.05) is 0 Å². The van der Waals surface area contributed by atoms with E-state index in [9.17, 15) is 4.79 Å². The molecule has 1 saturated heterocycles. The molecular formula is C22H21N3O5. The van der Waals surface area contributed by atoms with Gasteiger partial charge in [0, 0.05) is 42.2 Å². The van der Waals surface area contributed by atoms with Gasteiger partial charge in [-0.25, -0.2) is 14.8 Å². The summed E-state index contributed by atoms with van der Waals surface area (Å²) in [6.45, 7) is 3.08. The normalized spacial score (nSPS) is 15.8. The second kappa shape index (κ2) is 7.46. The van der Waals surface area contributed by atoms with Gasteiger partial charge in [0.2, 0.25) is 5.95 Å². The zero-order chi connectivity index (χ0) is 20.7. The molecule has 0 radical (unpaired) electrons. The van der Waals surface area contributed by atoms with Crippen LogP contribution < -0.4 is 14.4 Å². The van der Waals surface area contributed by atoms with E-state index in [0.717, 1.165) is 40.6 Å². The lowest BCUT2D eigenvalue weighted by Gasteiger charge is -2.26. The van der Waals surface area contributed by atoms with Crippen molar-refractivity contribution in [3.63, 3.8) is 0 Å². The van der Waals surface area contributed by atoms with Crippen LogP contribution in [0.2, 0.25) is 0 Å². The third-order valence-electron chi connectivity index (χ3n) is 5.51. The van der Waals surface area contributed by atoms with E-state index in [2.05, 4.69) is 14.9 Å². The number of hydrogen-bond donors (Lipinski definition) is 0. The van der Waals surface area contributed by atoms with Crippen LogP contribution in [0.5, 0.6) is 11.5 Å². The quantitative estimate of drug-likeness (QED) is 0.611. The van der Waals surface area contributed by atoms with Crippen molar-refractivity contribution in [2.24, 2.45) is 0 Å². The van der Waals surface area contributed by atoms with Crippen LogP contribution >= 0.6 is 0 Å². The third-order valence-corrected chi connectivity index (χ3v) is 5.51. The monoisotopic (exact) mass is 407 g/mol. The molecule has 30 heavy (non-hydrogen) atoms. The first kappa shape index (κ1) is 18.6. The van der Waals surface area contributed by atoms with Gasteiger partial charge in [-0.15, -0.1) is 0 Å². The molecule has 0 unspecified atom stereocenters. The van der Waals surface area contributed by atoms with E-state index in [1.54, 1.807) is 26.6 Å². The number of fused-ring (bicyclic) bond motifs is 2. The molecule has 0 atom stereocenters. The Balaban J connectivity index is 1.69. The summed E-state index contributed by atoms with van der Waals surface area (Å²) >= 11 is 0. The van der Waals surface area contributed by atoms with E-state index in [-0.39, 0.29) is 12.6 Å². The fourth-order valence-corrected chi connectivity index (χ4v) is 4.03. The molecule has 2 aromatic carbocycles. The Morgan fingerprint density at radius 1 is 0.967 bits per heavy atom. The second-order valence-corrected chi connectivity index (χ2v) is 7.16. The summed E-state index contributed by atoms with van der Waals surface area (Å²) in [6, 6.07) is 5.75. The van der Waals surface area contributed by atoms with Gasteiger partial charge < -0.3 is 23.8 Å². The van der Waals surface area contributed by atoms with Crippen LogP contribution in [0.25, 0.3) is 21.9 Å². The molecule has 2 aliphatic rings. The number of anilines is 1. The number of aromatic nitrogens is 2. The molecule has 0 spiro atoms. The Hall–Kier alpha value is -3.39. The summed E-state index contributed by atoms with van der Waals surface area (Å²) in [5.41, 5.74) is 2.89. The van der Waals surface area contributed by atoms with Crippen LogP contribution in [0.3, 0.4) is 0 Å². The van der Waals surface area contributed by atoms with Crippen molar-refractivity contribution in [3.8, 4) is 22.6 Å². The van der Waals surface area contributed by atoms with Crippen molar-refractivity contribution in [1.29, 1.82) is 0 Å². The Bertz CT molecular complexity index is 1120. The van der Waals surface area contributed by atoms with E-state index in [1.807, 2.05) is 18.2 Å². The third kappa shape index (κ3) is 3.00. The van der Waals surface area contributed by atoms with E-state index >= 15 is 0 Å². The fraction of sp³-hybridized carbons (Fsp3) is 0.318. The van der Waals surface area contributed by atoms with Gasteiger partial charge in [0.25, 0.3) is 0 Å². The van der Waals surface area contributed by atoms with Crippen LogP contribution in [0, 0.1) is 0 Å². The average Bonchev–Trinajstić information content (AvgIpc) is 3.17. The molecule has 5 rings (SSSR count).